The molecule has 0 amide bonds. The number of benzene rings is 1. The topological polar surface area (TPSA) is 12.0 Å². The molecule has 166 valence electrons. The summed E-state index contributed by atoms with van der Waals surface area (Å²) in [6.07, 6.45) is 14.2. The van der Waals surface area contributed by atoms with Crippen molar-refractivity contribution in [3.63, 3.8) is 0 Å². The van der Waals surface area contributed by atoms with Gasteiger partial charge in [-0.3, -0.25) is 0 Å². The van der Waals surface area contributed by atoms with Gasteiger partial charge in [0, 0.05) is 17.1 Å². The highest BCUT2D eigenvalue weighted by Gasteiger charge is 2.59. The maximum atomic E-state index is 6.23. The lowest BCUT2D eigenvalue weighted by Gasteiger charge is -2.64. The number of hydrogen-bond acceptors (Lipinski definition) is 1. The van der Waals surface area contributed by atoms with Gasteiger partial charge in [0.2, 0.25) is 0 Å². The first-order valence-corrected chi connectivity index (χ1v) is 13.1. The van der Waals surface area contributed by atoms with E-state index in [0.29, 0.717) is 22.3 Å². The minimum absolute atomic E-state index is 0.411. The fraction of sp³-hybridized carbons (Fsp3) is 0.786. The average Bonchev–Trinajstić information content (AvgIpc) is 2.67. The predicted molar refractivity (Wildman–Crippen MR) is 128 cm³/mol. The van der Waals surface area contributed by atoms with Crippen molar-refractivity contribution in [1.82, 2.24) is 5.32 Å². The van der Waals surface area contributed by atoms with E-state index in [9.17, 15) is 0 Å². The molecule has 5 aliphatic carbocycles. The normalized spacial score (nSPS) is 41.8. The van der Waals surface area contributed by atoms with Gasteiger partial charge in [-0.15, -0.1) is 0 Å². The van der Waals surface area contributed by atoms with Crippen LogP contribution in [0.5, 0.6) is 0 Å². The highest BCUT2D eigenvalue weighted by molar-refractivity contribution is 6.30. The molecule has 5 aliphatic rings. The van der Waals surface area contributed by atoms with E-state index in [1.54, 1.807) is 5.56 Å². The van der Waals surface area contributed by atoms with Gasteiger partial charge in [0.1, 0.15) is 0 Å². The van der Waals surface area contributed by atoms with E-state index in [1.165, 1.54) is 64.2 Å². The van der Waals surface area contributed by atoms with Crippen molar-refractivity contribution >= 4 is 11.6 Å². The van der Waals surface area contributed by atoms with E-state index in [-0.39, 0.29) is 0 Å². The Morgan fingerprint density at radius 2 is 1.53 bits per heavy atom. The first-order chi connectivity index (χ1) is 14.2. The van der Waals surface area contributed by atoms with E-state index in [4.69, 9.17) is 11.6 Å². The maximum Gasteiger partial charge on any atom is 0.0406 e. The summed E-state index contributed by atoms with van der Waals surface area (Å²) in [6.45, 7) is 9.83. The van der Waals surface area contributed by atoms with Crippen LogP contribution < -0.4 is 5.32 Å². The van der Waals surface area contributed by atoms with Crippen molar-refractivity contribution in [2.45, 2.75) is 109 Å². The fourth-order valence-electron chi connectivity index (χ4n) is 8.64. The maximum absolute atomic E-state index is 6.23. The number of hydrogen-bond donors (Lipinski definition) is 1. The highest BCUT2D eigenvalue weighted by Crippen LogP contribution is 2.66. The first kappa shape index (κ1) is 21.3. The van der Waals surface area contributed by atoms with Gasteiger partial charge in [-0.05, 0) is 123 Å². The third-order valence-electron chi connectivity index (χ3n) is 9.92. The van der Waals surface area contributed by atoms with Crippen LogP contribution in [0, 0.1) is 28.6 Å². The van der Waals surface area contributed by atoms with Crippen molar-refractivity contribution in [2.75, 3.05) is 0 Å². The molecule has 0 unspecified atom stereocenters. The molecule has 1 nitrogen and oxygen atoms in total. The minimum atomic E-state index is 0.411. The number of halogens is 1. The zero-order chi connectivity index (χ0) is 21.1. The van der Waals surface area contributed by atoms with Gasteiger partial charge in [0.25, 0.3) is 0 Å². The zero-order valence-electron chi connectivity index (χ0n) is 19.6. The van der Waals surface area contributed by atoms with Crippen molar-refractivity contribution in [3.05, 3.63) is 34.9 Å². The van der Waals surface area contributed by atoms with Crippen LogP contribution in [0.3, 0.4) is 0 Å². The Hall–Kier alpha value is -0.530. The standard InChI is InChI=1S/C28H42ClN/c1-19(30-25-11-7-22(8-12-25)26(2,3)4)27-14-20-13-21(15-27)17-28(16-20,18-27)23-5-9-24(29)10-6-23/h5-6,9-10,19-22,25,30H,7-8,11-18H2,1-4H3/t19-,20-,21-,22?,25?,27?,28?/m0/s1. The molecule has 0 radical (unpaired) electrons. The lowest BCUT2D eigenvalue weighted by molar-refractivity contribution is -0.0904. The third-order valence-corrected chi connectivity index (χ3v) is 10.2. The van der Waals surface area contributed by atoms with Crippen LogP contribution in [0.1, 0.15) is 97.5 Å². The summed E-state index contributed by atoms with van der Waals surface area (Å²) in [4.78, 5) is 0. The third kappa shape index (κ3) is 3.77. The van der Waals surface area contributed by atoms with Gasteiger partial charge >= 0.3 is 0 Å². The number of nitrogens with one attached hydrogen (secondary N) is 1. The van der Waals surface area contributed by atoms with Crippen LogP contribution in [0.2, 0.25) is 5.02 Å². The second kappa shape index (κ2) is 7.51. The van der Waals surface area contributed by atoms with Crippen molar-refractivity contribution in [1.29, 1.82) is 0 Å². The van der Waals surface area contributed by atoms with Crippen LogP contribution in [-0.2, 0) is 5.41 Å². The summed E-state index contributed by atoms with van der Waals surface area (Å²) in [6, 6.07) is 10.3. The molecule has 2 heteroatoms. The van der Waals surface area contributed by atoms with Crippen LogP contribution in [0.25, 0.3) is 0 Å². The molecular formula is C28H42ClN. The fourth-order valence-corrected chi connectivity index (χ4v) is 8.76. The SMILES string of the molecule is C[C@H](NC1CCC(C(C)(C)C)CC1)C12C[C@@H]3C[C@H](CC(c4ccc(Cl)cc4)(C3)C1)C2. The Morgan fingerprint density at radius 1 is 0.933 bits per heavy atom. The van der Waals surface area contributed by atoms with Gasteiger partial charge in [0.05, 0.1) is 0 Å². The molecule has 0 spiro atoms. The van der Waals surface area contributed by atoms with E-state index in [1.807, 2.05) is 0 Å². The van der Waals surface area contributed by atoms with E-state index in [0.717, 1.165) is 28.8 Å². The molecule has 30 heavy (non-hydrogen) atoms. The van der Waals surface area contributed by atoms with Gasteiger partial charge in [-0.1, -0.05) is 44.5 Å². The van der Waals surface area contributed by atoms with Crippen LogP contribution >= 0.6 is 11.6 Å². The van der Waals surface area contributed by atoms with Gasteiger partial charge < -0.3 is 5.32 Å². The summed E-state index contributed by atoms with van der Waals surface area (Å²) >= 11 is 6.23. The average molecular weight is 428 g/mol. The van der Waals surface area contributed by atoms with Crippen molar-refractivity contribution < 1.29 is 0 Å². The molecule has 5 fully saturated rings. The summed E-state index contributed by atoms with van der Waals surface area (Å²) in [5, 5.41) is 5.08. The monoisotopic (exact) mass is 427 g/mol. The zero-order valence-corrected chi connectivity index (χ0v) is 20.4. The Labute approximate surface area is 189 Å². The van der Waals surface area contributed by atoms with Gasteiger partial charge in [-0.2, -0.15) is 0 Å². The Kier molecular flexibility index (Phi) is 5.34. The van der Waals surface area contributed by atoms with E-state index in [2.05, 4.69) is 57.3 Å². The minimum Gasteiger partial charge on any atom is -0.311 e. The van der Waals surface area contributed by atoms with Crippen LogP contribution in [0.4, 0.5) is 0 Å². The highest BCUT2D eigenvalue weighted by atomic mass is 35.5. The first-order valence-electron chi connectivity index (χ1n) is 12.7. The Morgan fingerprint density at radius 3 is 2.10 bits per heavy atom. The molecule has 0 aliphatic heterocycles. The van der Waals surface area contributed by atoms with Crippen LogP contribution in [0.15, 0.2) is 24.3 Å². The molecule has 5 saturated carbocycles. The Bertz CT molecular complexity index is 738. The summed E-state index contributed by atoms with van der Waals surface area (Å²) in [5.41, 5.74) is 2.96. The molecule has 1 aromatic rings. The molecule has 6 rings (SSSR count). The van der Waals surface area contributed by atoms with Crippen molar-refractivity contribution in [2.24, 2.45) is 28.6 Å². The number of rotatable bonds is 4. The molecule has 0 aromatic heterocycles. The summed E-state index contributed by atoms with van der Waals surface area (Å²) in [7, 11) is 0. The second-order valence-electron chi connectivity index (χ2n) is 12.9. The van der Waals surface area contributed by atoms with E-state index < -0.39 is 0 Å². The summed E-state index contributed by atoms with van der Waals surface area (Å²) in [5.74, 6) is 2.77. The lowest BCUT2D eigenvalue weighted by atomic mass is 9.41. The lowest BCUT2D eigenvalue weighted by Crippen LogP contribution is -2.61. The van der Waals surface area contributed by atoms with Crippen molar-refractivity contribution in [3.8, 4) is 0 Å². The molecule has 0 saturated heterocycles. The quantitative estimate of drug-likeness (QED) is 0.517. The largest absolute Gasteiger partial charge is 0.311 e. The summed E-state index contributed by atoms with van der Waals surface area (Å²) < 4.78 is 0. The van der Waals surface area contributed by atoms with Gasteiger partial charge in [-0.25, -0.2) is 0 Å². The van der Waals surface area contributed by atoms with Gasteiger partial charge in [0.15, 0.2) is 0 Å². The van der Waals surface area contributed by atoms with E-state index >= 15 is 0 Å². The second-order valence-corrected chi connectivity index (χ2v) is 13.3. The molecule has 1 aromatic carbocycles. The molecule has 0 heterocycles. The smallest absolute Gasteiger partial charge is 0.0406 e. The molecule has 4 bridgehead atoms. The predicted octanol–water partition coefficient (Wildman–Crippen LogP) is 7.76. The molecular weight excluding hydrogens is 386 g/mol. The Balaban J connectivity index is 1.31. The van der Waals surface area contributed by atoms with Crippen LogP contribution in [-0.4, -0.2) is 12.1 Å². The molecule has 1 N–H and O–H groups in total. The molecule has 3 atom stereocenters.